The van der Waals surface area contributed by atoms with Gasteiger partial charge < -0.3 is 9.64 Å². The monoisotopic (exact) mass is 315 g/mol. The number of rotatable bonds is 4. The van der Waals surface area contributed by atoms with Gasteiger partial charge in [0.25, 0.3) is 0 Å². The molecule has 0 saturated carbocycles. The fourth-order valence-corrected chi connectivity index (χ4v) is 4.00. The molecule has 0 amide bonds. The summed E-state index contributed by atoms with van der Waals surface area (Å²) in [5.41, 5.74) is 2.61. The standard InChI is InChI=1S/C17H17NOS2/c1-19-15-9-7-13(8-10-15)11-18-12-16(21-17(18)20)14-5-3-2-4-6-14/h2-10,16H,11-12H2,1H3. The number of hydrogen-bond donors (Lipinski definition) is 0. The average Bonchev–Trinajstić information content (AvgIpc) is 2.90. The van der Waals surface area contributed by atoms with Crippen molar-refractivity contribution in [3.63, 3.8) is 0 Å². The molecule has 4 heteroatoms. The molecule has 0 aliphatic carbocycles. The van der Waals surface area contributed by atoms with Crippen molar-refractivity contribution in [1.29, 1.82) is 0 Å². The third-order valence-electron chi connectivity index (χ3n) is 3.59. The van der Waals surface area contributed by atoms with Crippen molar-refractivity contribution in [2.24, 2.45) is 0 Å². The van der Waals surface area contributed by atoms with Crippen molar-refractivity contribution in [1.82, 2.24) is 4.90 Å². The molecular formula is C17H17NOS2. The number of thioether (sulfide) groups is 1. The van der Waals surface area contributed by atoms with Crippen LogP contribution in [0.15, 0.2) is 54.6 Å². The van der Waals surface area contributed by atoms with E-state index >= 15 is 0 Å². The number of benzene rings is 2. The van der Waals surface area contributed by atoms with E-state index in [1.807, 2.05) is 12.1 Å². The van der Waals surface area contributed by atoms with Crippen LogP contribution in [0.4, 0.5) is 0 Å². The molecule has 21 heavy (non-hydrogen) atoms. The molecule has 0 bridgehead atoms. The van der Waals surface area contributed by atoms with Crippen LogP contribution in [0.1, 0.15) is 16.4 Å². The zero-order valence-corrected chi connectivity index (χ0v) is 13.5. The van der Waals surface area contributed by atoms with E-state index in [1.165, 1.54) is 11.1 Å². The van der Waals surface area contributed by atoms with Gasteiger partial charge in [-0.05, 0) is 23.3 Å². The zero-order chi connectivity index (χ0) is 14.7. The summed E-state index contributed by atoms with van der Waals surface area (Å²) in [4.78, 5) is 2.28. The van der Waals surface area contributed by atoms with E-state index in [9.17, 15) is 0 Å². The molecule has 1 heterocycles. The van der Waals surface area contributed by atoms with Crippen LogP contribution in [0, 0.1) is 0 Å². The number of methoxy groups -OCH3 is 1. The van der Waals surface area contributed by atoms with E-state index in [0.717, 1.165) is 23.2 Å². The first kappa shape index (κ1) is 14.4. The molecule has 2 nitrogen and oxygen atoms in total. The molecule has 0 N–H and O–H groups in total. The lowest BCUT2D eigenvalue weighted by molar-refractivity contribution is 0.413. The van der Waals surface area contributed by atoms with Gasteiger partial charge in [-0.25, -0.2) is 0 Å². The molecule has 1 fully saturated rings. The molecule has 1 unspecified atom stereocenters. The smallest absolute Gasteiger partial charge is 0.137 e. The summed E-state index contributed by atoms with van der Waals surface area (Å²) in [6.45, 7) is 1.83. The summed E-state index contributed by atoms with van der Waals surface area (Å²) >= 11 is 7.32. The van der Waals surface area contributed by atoms with Crippen LogP contribution in [0.3, 0.4) is 0 Å². The minimum absolute atomic E-state index is 0.442. The summed E-state index contributed by atoms with van der Waals surface area (Å²) < 4.78 is 6.18. The van der Waals surface area contributed by atoms with E-state index in [-0.39, 0.29) is 0 Å². The van der Waals surface area contributed by atoms with Crippen molar-refractivity contribution in [2.75, 3.05) is 13.7 Å². The summed E-state index contributed by atoms with van der Waals surface area (Å²) in [5, 5.41) is 0.442. The highest BCUT2D eigenvalue weighted by Crippen LogP contribution is 2.38. The Morgan fingerprint density at radius 2 is 1.86 bits per heavy atom. The second-order valence-electron chi connectivity index (χ2n) is 5.01. The first-order chi connectivity index (χ1) is 10.3. The van der Waals surface area contributed by atoms with Gasteiger partial charge in [0.05, 0.1) is 12.4 Å². The zero-order valence-electron chi connectivity index (χ0n) is 11.9. The van der Waals surface area contributed by atoms with Crippen molar-refractivity contribution in [3.8, 4) is 5.75 Å². The lowest BCUT2D eigenvalue weighted by atomic mass is 10.1. The fraction of sp³-hybridized carbons (Fsp3) is 0.235. The van der Waals surface area contributed by atoms with Gasteiger partial charge in [-0.2, -0.15) is 0 Å². The molecule has 3 rings (SSSR count). The van der Waals surface area contributed by atoms with E-state index in [0.29, 0.717) is 5.25 Å². The molecule has 1 aliphatic heterocycles. The Morgan fingerprint density at radius 1 is 1.14 bits per heavy atom. The van der Waals surface area contributed by atoms with E-state index in [1.54, 1.807) is 18.9 Å². The molecule has 0 aromatic heterocycles. The largest absolute Gasteiger partial charge is 0.497 e. The summed E-state index contributed by atoms with van der Waals surface area (Å²) in [6.07, 6.45) is 0. The second kappa shape index (κ2) is 6.50. The van der Waals surface area contributed by atoms with Crippen LogP contribution in [0.2, 0.25) is 0 Å². The average molecular weight is 315 g/mol. The minimum atomic E-state index is 0.442. The molecule has 2 aromatic rings. The van der Waals surface area contributed by atoms with Crippen LogP contribution in [0.5, 0.6) is 5.75 Å². The lowest BCUT2D eigenvalue weighted by Crippen LogP contribution is -2.22. The normalized spacial score (nSPS) is 18.0. The maximum Gasteiger partial charge on any atom is 0.137 e. The van der Waals surface area contributed by atoms with Crippen LogP contribution < -0.4 is 4.74 Å². The Balaban J connectivity index is 1.67. The molecule has 108 valence electrons. The molecule has 1 atom stereocenters. The van der Waals surface area contributed by atoms with Crippen LogP contribution >= 0.6 is 24.0 Å². The minimum Gasteiger partial charge on any atom is -0.497 e. The van der Waals surface area contributed by atoms with E-state index < -0.39 is 0 Å². The molecule has 1 aliphatic rings. The van der Waals surface area contributed by atoms with Gasteiger partial charge in [-0.1, -0.05) is 66.4 Å². The van der Waals surface area contributed by atoms with Gasteiger partial charge >= 0.3 is 0 Å². The molecule has 0 spiro atoms. The van der Waals surface area contributed by atoms with Crippen molar-refractivity contribution in [3.05, 3.63) is 65.7 Å². The van der Waals surface area contributed by atoms with Crippen LogP contribution in [0.25, 0.3) is 0 Å². The van der Waals surface area contributed by atoms with Gasteiger partial charge in [-0.15, -0.1) is 0 Å². The predicted octanol–water partition coefficient (Wildman–Crippen LogP) is 4.27. The van der Waals surface area contributed by atoms with E-state index in [4.69, 9.17) is 17.0 Å². The highest BCUT2D eigenvalue weighted by molar-refractivity contribution is 8.23. The quantitative estimate of drug-likeness (QED) is 0.781. The van der Waals surface area contributed by atoms with Gasteiger partial charge in [0, 0.05) is 13.1 Å². The van der Waals surface area contributed by atoms with Gasteiger partial charge in [0.2, 0.25) is 0 Å². The molecule has 0 radical (unpaired) electrons. The fourth-order valence-electron chi connectivity index (χ4n) is 2.43. The maximum atomic E-state index is 5.53. The highest BCUT2D eigenvalue weighted by atomic mass is 32.2. The summed E-state index contributed by atoms with van der Waals surface area (Å²) in [5.74, 6) is 0.888. The summed E-state index contributed by atoms with van der Waals surface area (Å²) in [6, 6.07) is 18.8. The van der Waals surface area contributed by atoms with Crippen LogP contribution in [-0.4, -0.2) is 22.9 Å². The number of nitrogens with zero attached hydrogens (tertiary/aromatic N) is 1. The molecule has 1 saturated heterocycles. The lowest BCUT2D eigenvalue weighted by Gasteiger charge is -2.17. The number of hydrogen-bond acceptors (Lipinski definition) is 3. The van der Waals surface area contributed by atoms with Gasteiger partial charge in [0.15, 0.2) is 0 Å². The maximum absolute atomic E-state index is 5.53. The third kappa shape index (κ3) is 3.39. The molecular weight excluding hydrogens is 298 g/mol. The van der Waals surface area contributed by atoms with Gasteiger partial charge in [0.1, 0.15) is 10.1 Å². The Kier molecular flexibility index (Phi) is 4.46. The predicted molar refractivity (Wildman–Crippen MR) is 92.8 cm³/mol. The third-order valence-corrected chi connectivity index (χ3v) is 5.30. The Morgan fingerprint density at radius 3 is 2.52 bits per heavy atom. The van der Waals surface area contributed by atoms with E-state index in [2.05, 4.69) is 47.4 Å². The summed E-state index contributed by atoms with van der Waals surface area (Å²) in [7, 11) is 1.69. The van der Waals surface area contributed by atoms with Crippen LogP contribution in [-0.2, 0) is 6.54 Å². The molecule has 2 aromatic carbocycles. The first-order valence-electron chi connectivity index (χ1n) is 6.89. The SMILES string of the molecule is COc1ccc(CN2CC(c3ccccc3)SC2=S)cc1. The van der Waals surface area contributed by atoms with Crippen molar-refractivity contribution < 1.29 is 4.74 Å². The van der Waals surface area contributed by atoms with Gasteiger partial charge in [-0.3, -0.25) is 0 Å². The Labute approximate surface area is 135 Å². The van der Waals surface area contributed by atoms with Crippen molar-refractivity contribution in [2.45, 2.75) is 11.8 Å². The Hall–Kier alpha value is -1.52. The highest BCUT2D eigenvalue weighted by Gasteiger charge is 2.28. The Bertz CT molecular complexity index is 612. The number of thiocarbonyl (C=S) groups is 1. The number of ether oxygens (including phenoxy) is 1. The first-order valence-corrected chi connectivity index (χ1v) is 8.18. The van der Waals surface area contributed by atoms with Crippen molar-refractivity contribution >= 4 is 28.3 Å². The topological polar surface area (TPSA) is 12.5 Å². The second-order valence-corrected chi connectivity index (χ2v) is 6.85.